The van der Waals surface area contributed by atoms with Gasteiger partial charge in [0.05, 0.1) is 18.8 Å². The Hall–Kier alpha value is -1.68. The van der Waals surface area contributed by atoms with Crippen LogP contribution in [0.4, 0.5) is 0 Å². The molecule has 0 aliphatic heterocycles. The predicted molar refractivity (Wildman–Crippen MR) is 65.1 cm³/mol. The minimum atomic E-state index is -0.772. The largest absolute Gasteiger partial charge is 0.465 e. The van der Waals surface area contributed by atoms with Gasteiger partial charge in [-0.05, 0) is 30.5 Å². The fourth-order valence-electron chi connectivity index (χ4n) is 2.34. The normalized spacial score (nSPS) is 20.8. The number of carbonyl (C=O) groups is 2. The zero-order chi connectivity index (χ0) is 13.1. The Kier molecular flexibility index (Phi) is 3.77. The van der Waals surface area contributed by atoms with E-state index in [2.05, 4.69) is 4.74 Å². The second kappa shape index (κ2) is 5.31. The summed E-state index contributed by atoms with van der Waals surface area (Å²) in [6.45, 7) is 0. The van der Waals surface area contributed by atoms with Gasteiger partial charge in [0.15, 0.2) is 0 Å². The van der Waals surface area contributed by atoms with Crippen LogP contribution in [0.15, 0.2) is 24.3 Å². The van der Waals surface area contributed by atoms with Crippen molar-refractivity contribution in [2.75, 3.05) is 7.11 Å². The summed E-state index contributed by atoms with van der Waals surface area (Å²) in [6.07, 6.45) is 1.37. The van der Waals surface area contributed by atoms with Crippen LogP contribution in [-0.2, 0) is 9.53 Å². The maximum atomic E-state index is 11.6. The van der Waals surface area contributed by atoms with E-state index in [0.717, 1.165) is 12.8 Å². The van der Waals surface area contributed by atoms with Crippen molar-refractivity contribution >= 4 is 11.8 Å². The number of ketones is 1. The molecule has 1 saturated carbocycles. The number of rotatable bonds is 3. The lowest BCUT2D eigenvalue weighted by Crippen LogP contribution is -2.16. The van der Waals surface area contributed by atoms with E-state index in [4.69, 9.17) is 0 Å². The molecule has 2 rings (SSSR count). The first-order valence-corrected chi connectivity index (χ1v) is 6.02. The maximum absolute atomic E-state index is 11.6. The average molecular weight is 248 g/mol. The molecule has 0 heterocycles. The maximum Gasteiger partial charge on any atom is 0.337 e. The number of benzene rings is 1. The van der Waals surface area contributed by atoms with Crippen molar-refractivity contribution in [2.24, 2.45) is 5.92 Å². The molecule has 0 unspecified atom stereocenters. The molecule has 1 N–H and O–H groups in total. The zero-order valence-corrected chi connectivity index (χ0v) is 10.3. The Balaban J connectivity index is 2.14. The highest BCUT2D eigenvalue weighted by Crippen LogP contribution is 2.33. The summed E-state index contributed by atoms with van der Waals surface area (Å²) in [5.41, 5.74) is 1.11. The molecule has 0 aromatic heterocycles. The third-order valence-electron chi connectivity index (χ3n) is 3.41. The van der Waals surface area contributed by atoms with E-state index in [1.807, 2.05) is 0 Å². The minimum Gasteiger partial charge on any atom is -0.465 e. The molecule has 0 spiro atoms. The van der Waals surface area contributed by atoms with E-state index >= 15 is 0 Å². The Labute approximate surface area is 106 Å². The lowest BCUT2D eigenvalue weighted by molar-refractivity contribution is -0.123. The van der Waals surface area contributed by atoms with Gasteiger partial charge < -0.3 is 9.84 Å². The number of esters is 1. The van der Waals surface area contributed by atoms with E-state index in [1.165, 1.54) is 7.11 Å². The molecule has 18 heavy (non-hydrogen) atoms. The van der Waals surface area contributed by atoms with E-state index in [0.29, 0.717) is 17.5 Å². The van der Waals surface area contributed by atoms with E-state index < -0.39 is 12.1 Å². The summed E-state index contributed by atoms with van der Waals surface area (Å²) in [6, 6.07) is 6.54. The van der Waals surface area contributed by atoms with Crippen LogP contribution in [0.1, 0.15) is 41.3 Å². The van der Waals surface area contributed by atoms with Crippen LogP contribution in [0.5, 0.6) is 0 Å². The smallest absolute Gasteiger partial charge is 0.337 e. The minimum absolute atomic E-state index is 0.125. The standard InChI is InChI=1S/C14H16O4/c1-18-14(17)10-7-5-9(6-8-10)13(16)11-3-2-4-12(11)15/h5-8,11,13,16H,2-4H2,1H3/t11-,13+/m1/s1. The highest BCUT2D eigenvalue weighted by atomic mass is 16.5. The number of Topliss-reactive ketones (excluding diaryl/α,β-unsaturated/α-hetero) is 1. The van der Waals surface area contributed by atoms with Crippen molar-refractivity contribution < 1.29 is 19.4 Å². The fraction of sp³-hybridized carbons (Fsp3) is 0.429. The Morgan fingerprint density at radius 1 is 1.39 bits per heavy atom. The predicted octanol–water partition coefficient (Wildman–Crippen LogP) is 1.88. The highest BCUT2D eigenvalue weighted by Gasteiger charge is 2.31. The van der Waals surface area contributed by atoms with Crippen molar-refractivity contribution in [1.82, 2.24) is 0 Å². The van der Waals surface area contributed by atoms with Crippen LogP contribution in [-0.4, -0.2) is 24.0 Å². The van der Waals surface area contributed by atoms with Crippen LogP contribution >= 0.6 is 0 Å². The Morgan fingerprint density at radius 2 is 2.06 bits per heavy atom. The highest BCUT2D eigenvalue weighted by molar-refractivity contribution is 5.89. The molecular formula is C14H16O4. The first-order valence-electron chi connectivity index (χ1n) is 6.02. The van der Waals surface area contributed by atoms with Gasteiger partial charge in [0, 0.05) is 12.3 Å². The Bertz CT molecular complexity index is 449. The van der Waals surface area contributed by atoms with Crippen LogP contribution in [0.2, 0.25) is 0 Å². The average Bonchev–Trinajstić information content (AvgIpc) is 2.83. The van der Waals surface area contributed by atoms with E-state index in [9.17, 15) is 14.7 Å². The van der Waals surface area contributed by atoms with Gasteiger partial charge in [0.1, 0.15) is 5.78 Å². The fourth-order valence-corrected chi connectivity index (χ4v) is 2.34. The lowest BCUT2D eigenvalue weighted by Gasteiger charge is -2.17. The topological polar surface area (TPSA) is 63.6 Å². The summed E-state index contributed by atoms with van der Waals surface area (Å²) >= 11 is 0. The monoisotopic (exact) mass is 248 g/mol. The third-order valence-corrected chi connectivity index (χ3v) is 3.41. The number of methoxy groups -OCH3 is 1. The molecule has 2 atom stereocenters. The van der Waals surface area contributed by atoms with Crippen molar-refractivity contribution in [3.63, 3.8) is 0 Å². The van der Waals surface area contributed by atoms with E-state index in [-0.39, 0.29) is 11.7 Å². The number of carbonyl (C=O) groups excluding carboxylic acids is 2. The zero-order valence-electron chi connectivity index (χ0n) is 10.3. The molecule has 1 fully saturated rings. The summed E-state index contributed by atoms with van der Waals surface area (Å²) in [4.78, 5) is 22.8. The first kappa shape index (κ1) is 12.8. The van der Waals surface area contributed by atoms with Crippen LogP contribution in [0.25, 0.3) is 0 Å². The molecular weight excluding hydrogens is 232 g/mol. The Morgan fingerprint density at radius 3 is 2.56 bits per heavy atom. The van der Waals surface area contributed by atoms with Crippen LogP contribution in [0.3, 0.4) is 0 Å². The van der Waals surface area contributed by atoms with Gasteiger partial charge in [0.25, 0.3) is 0 Å². The number of hydrogen-bond acceptors (Lipinski definition) is 4. The van der Waals surface area contributed by atoms with Gasteiger partial charge in [0.2, 0.25) is 0 Å². The molecule has 0 saturated heterocycles. The third kappa shape index (κ3) is 2.43. The molecule has 1 aromatic rings. The number of hydrogen-bond donors (Lipinski definition) is 1. The van der Waals surface area contributed by atoms with Gasteiger partial charge >= 0.3 is 5.97 Å². The molecule has 0 bridgehead atoms. The number of aliphatic hydroxyl groups is 1. The molecule has 1 aliphatic carbocycles. The van der Waals surface area contributed by atoms with Crippen molar-refractivity contribution in [3.05, 3.63) is 35.4 Å². The van der Waals surface area contributed by atoms with Gasteiger partial charge in [-0.1, -0.05) is 12.1 Å². The van der Waals surface area contributed by atoms with Crippen molar-refractivity contribution in [1.29, 1.82) is 0 Å². The molecule has 4 nitrogen and oxygen atoms in total. The SMILES string of the molecule is COC(=O)c1ccc([C@H](O)[C@@H]2CCCC2=O)cc1. The molecule has 0 amide bonds. The molecule has 1 aliphatic rings. The lowest BCUT2D eigenvalue weighted by atomic mass is 9.93. The molecule has 4 heteroatoms. The van der Waals surface area contributed by atoms with E-state index in [1.54, 1.807) is 24.3 Å². The first-order chi connectivity index (χ1) is 8.63. The van der Waals surface area contributed by atoms with Crippen molar-refractivity contribution in [3.8, 4) is 0 Å². The second-order valence-electron chi connectivity index (χ2n) is 4.52. The van der Waals surface area contributed by atoms with Gasteiger partial charge in [-0.25, -0.2) is 4.79 Å². The van der Waals surface area contributed by atoms with Crippen LogP contribution < -0.4 is 0 Å². The summed E-state index contributed by atoms with van der Waals surface area (Å²) < 4.78 is 4.60. The summed E-state index contributed by atoms with van der Waals surface area (Å²) in [5.74, 6) is -0.582. The second-order valence-corrected chi connectivity index (χ2v) is 4.52. The van der Waals surface area contributed by atoms with Gasteiger partial charge in [-0.2, -0.15) is 0 Å². The van der Waals surface area contributed by atoms with Gasteiger partial charge in [-0.3, -0.25) is 4.79 Å². The summed E-state index contributed by atoms with van der Waals surface area (Å²) in [5, 5.41) is 10.1. The van der Waals surface area contributed by atoms with Crippen molar-refractivity contribution in [2.45, 2.75) is 25.4 Å². The summed E-state index contributed by atoms with van der Waals surface area (Å²) in [7, 11) is 1.32. The molecule has 1 aromatic carbocycles. The van der Waals surface area contributed by atoms with Crippen LogP contribution in [0, 0.1) is 5.92 Å². The molecule has 96 valence electrons. The van der Waals surface area contributed by atoms with Gasteiger partial charge in [-0.15, -0.1) is 0 Å². The quantitative estimate of drug-likeness (QED) is 0.829. The number of ether oxygens (including phenoxy) is 1. The molecule has 0 radical (unpaired) electrons. The number of aliphatic hydroxyl groups excluding tert-OH is 1.